The van der Waals surface area contributed by atoms with Gasteiger partial charge in [0.25, 0.3) is 0 Å². The summed E-state index contributed by atoms with van der Waals surface area (Å²) in [7, 11) is 0. The highest BCUT2D eigenvalue weighted by Gasteiger charge is 2.17. The van der Waals surface area contributed by atoms with Crippen LogP contribution in [0.15, 0.2) is 18.3 Å². The van der Waals surface area contributed by atoms with Crippen LogP contribution in [0, 0.1) is 12.7 Å². The van der Waals surface area contributed by atoms with Crippen molar-refractivity contribution in [2.24, 2.45) is 0 Å². The molecule has 1 heterocycles. The summed E-state index contributed by atoms with van der Waals surface area (Å²) < 4.78 is 14.0. The summed E-state index contributed by atoms with van der Waals surface area (Å²) in [6.45, 7) is 5.71. The number of phenolic OH excluding ortho intramolecular Hbond substituents is 1. The van der Waals surface area contributed by atoms with Crippen LogP contribution in [0.1, 0.15) is 31.2 Å². The molecule has 0 aliphatic carbocycles. The molecule has 0 amide bonds. The van der Waals surface area contributed by atoms with Crippen molar-refractivity contribution < 1.29 is 9.50 Å². The molecule has 0 aliphatic heterocycles. The Morgan fingerprint density at radius 3 is 2.63 bits per heavy atom. The molecule has 0 spiro atoms. The minimum Gasteiger partial charge on any atom is -0.506 e. The van der Waals surface area contributed by atoms with Gasteiger partial charge in [0.05, 0.1) is 10.7 Å². The number of aromatic nitrogens is 2. The lowest BCUT2D eigenvalue weighted by Crippen LogP contribution is -2.01. The van der Waals surface area contributed by atoms with E-state index in [1.807, 2.05) is 13.8 Å². The van der Waals surface area contributed by atoms with Gasteiger partial charge in [-0.15, -0.1) is 0 Å². The van der Waals surface area contributed by atoms with Crippen LogP contribution in [-0.4, -0.2) is 15.1 Å². The molecule has 19 heavy (non-hydrogen) atoms. The van der Waals surface area contributed by atoms with Crippen LogP contribution in [-0.2, 0) is 0 Å². The molecular formula is C14H14ClFN2O. The third kappa shape index (κ3) is 2.68. The minimum absolute atomic E-state index is 0.0994. The van der Waals surface area contributed by atoms with Crippen LogP contribution in [0.2, 0.25) is 5.02 Å². The van der Waals surface area contributed by atoms with Crippen LogP contribution < -0.4 is 0 Å². The zero-order chi connectivity index (χ0) is 14.2. The Morgan fingerprint density at radius 1 is 1.32 bits per heavy atom. The van der Waals surface area contributed by atoms with Crippen molar-refractivity contribution in [1.82, 2.24) is 9.97 Å². The zero-order valence-corrected chi connectivity index (χ0v) is 11.7. The number of nitrogens with zero attached hydrogens (tertiary/aromatic N) is 2. The van der Waals surface area contributed by atoms with Crippen LogP contribution in [0.4, 0.5) is 4.39 Å². The van der Waals surface area contributed by atoms with Crippen molar-refractivity contribution in [2.45, 2.75) is 26.7 Å². The fourth-order valence-electron chi connectivity index (χ4n) is 1.84. The topological polar surface area (TPSA) is 46.0 Å². The highest BCUT2D eigenvalue weighted by molar-refractivity contribution is 6.32. The summed E-state index contributed by atoms with van der Waals surface area (Å²) in [6.07, 6.45) is 1.70. The highest BCUT2D eigenvalue weighted by Crippen LogP contribution is 2.34. The number of aromatic hydroxyl groups is 1. The summed E-state index contributed by atoms with van der Waals surface area (Å²) in [4.78, 5) is 8.45. The molecule has 100 valence electrons. The van der Waals surface area contributed by atoms with Gasteiger partial charge in [-0.05, 0) is 24.5 Å². The molecule has 3 nitrogen and oxygen atoms in total. The van der Waals surface area contributed by atoms with Crippen molar-refractivity contribution in [3.8, 4) is 17.0 Å². The molecule has 1 N–H and O–H groups in total. The smallest absolute Gasteiger partial charge is 0.137 e. The first kappa shape index (κ1) is 13.7. The molecule has 0 saturated heterocycles. The van der Waals surface area contributed by atoms with Gasteiger partial charge >= 0.3 is 0 Å². The molecule has 0 unspecified atom stereocenters. The molecule has 0 aliphatic rings. The van der Waals surface area contributed by atoms with E-state index in [0.29, 0.717) is 11.5 Å². The van der Waals surface area contributed by atoms with Gasteiger partial charge in [0.2, 0.25) is 0 Å². The van der Waals surface area contributed by atoms with Crippen molar-refractivity contribution >= 4 is 11.6 Å². The lowest BCUT2D eigenvalue weighted by Gasteiger charge is -2.13. The Morgan fingerprint density at radius 2 is 2.00 bits per heavy atom. The van der Waals surface area contributed by atoms with Crippen LogP contribution in [0.25, 0.3) is 11.3 Å². The molecule has 2 rings (SSSR count). The molecule has 2 aromatic rings. The Labute approximate surface area is 116 Å². The largest absolute Gasteiger partial charge is 0.506 e. The lowest BCUT2D eigenvalue weighted by atomic mass is 9.98. The molecule has 0 fully saturated rings. The van der Waals surface area contributed by atoms with E-state index in [0.717, 1.165) is 11.6 Å². The molecule has 5 heteroatoms. The quantitative estimate of drug-likeness (QED) is 0.902. The van der Waals surface area contributed by atoms with E-state index in [4.69, 9.17) is 11.6 Å². The molecule has 1 aromatic carbocycles. The number of halogens is 2. The number of aryl methyl sites for hydroxylation is 1. The van der Waals surface area contributed by atoms with Gasteiger partial charge in [0.15, 0.2) is 0 Å². The second kappa shape index (κ2) is 5.13. The first-order valence-electron chi connectivity index (χ1n) is 5.92. The monoisotopic (exact) mass is 280 g/mol. The average Bonchev–Trinajstić information content (AvgIpc) is 2.33. The number of hydrogen-bond acceptors (Lipinski definition) is 3. The third-order valence-corrected chi connectivity index (χ3v) is 3.15. The van der Waals surface area contributed by atoms with Gasteiger partial charge in [0.1, 0.15) is 17.4 Å². The second-order valence-corrected chi connectivity index (χ2v) is 5.07. The maximum atomic E-state index is 14.0. The Kier molecular flexibility index (Phi) is 3.71. The summed E-state index contributed by atoms with van der Waals surface area (Å²) in [5, 5.41) is 9.50. The molecule has 0 bridgehead atoms. The van der Waals surface area contributed by atoms with Gasteiger partial charge in [-0.25, -0.2) is 14.4 Å². The molecule has 0 radical (unpaired) electrons. The van der Waals surface area contributed by atoms with Crippen molar-refractivity contribution in [3.63, 3.8) is 0 Å². The minimum atomic E-state index is -0.554. The fourth-order valence-corrected chi connectivity index (χ4v) is 2.00. The van der Waals surface area contributed by atoms with Crippen LogP contribution in [0.5, 0.6) is 5.75 Å². The molecular weight excluding hydrogens is 267 g/mol. The first-order chi connectivity index (χ1) is 8.90. The van der Waals surface area contributed by atoms with Gasteiger partial charge in [-0.2, -0.15) is 0 Å². The molecule has 1 aromatic heterocycles. The Hall–Kier alpha value is -1.68. The van der Waals surface area contributed by atoms with E-state index in [1.165, 1.54) is 6.07 Å². The summed E-state index contributed by atoms with van der Waals surface area (Å²) in [5.74, 6) is -0.118. The first-order valence-corrected chi connectivity index (χ1v) is 6.30. The maximum Gasteiger partial charge on any atom is 0.137 e. The van der Waals surface area contributed by atoms with Crippen molar-refractivity contribution in [2.75, 3.05) is 0 Å². The Bertz CT molecular complexity index is 629. The van der Waals surface area contributed by atoms with Gasteiger partial charge in [-0.3, -0.25) is 0 Å². The van der Waals surface area contributed by atoms with Gasteiger partial charge in [-0.1, -0.05) is 25.4 Å². The third-order valence-electron chi connectivity index (χ3n) is 2.85. The van der Waals surface area contributed by atoms with E-state index in [-0.39, 0.29) is 22.3 Å². The predicted molar refractivity (Wildman–Crippen MR) is 72.9 cm³/mol. The van der Waals surface area contributed by atoms with Crippen molar-refractivity contribution in [1.29, 1.82) is 0 Å². The number of benzene rings is 1. The standard InChI is InChI=1S/C14H14ClFN2O/c1-7(2)10-6-17-8(3)18-14(10)9-4-11(15)13(19)5-12(9)16/h4-7,19H,1-3H3. The normalized spacial score (nSPS) is 11.1. The average molecular weight is 281 g/mol. The zero-order valence-electron chi connectivity index (χ0n) is 10.9. The number of hydrogen-bond donors (Lipinski definition) is 1. The highest BCUT2D eigenvalue weighted by atomic mass is 35.5. The summed E-state index contributed by atoms with van der Waals surface area (Å²) in [5.41, 5.74) is 1.63. The van der Waals surface area contributed by atoms with Gasteiger partial charge in [0, 0.05) is 17.8 Å². The van der Waals surface area contributed by atoms with Crippen molar-refractivity contribution in [3.05, 3.63) is 40.6 Å². The van der Waals surface area contributed by atoms with E-state index in [9.17, 15) is 9.50 Å². The second-order valence-electron chi connectivity index (χ2n) is 4.66. The summed E-state index contributed by atoms with van der Waals surface area (Å²) >= 11 is 5.85. The van der Waals surface area contributed by atoms with E-state index < -0.39 is 5.82 Å². The number of rotatable bonds is 2. The fraction of sp³-hybridized carbons (Fsp3) is 0.286. The Balaban J connectivity index is 2.71. The summed E-state index contributed by atoms with van der Waals surface area (Å²) in [6, 6.07) is 2.39. The predicted octanol–water partition coefficient (Wildman–Crippen LogP) is 4.07. The van der Waals surface area contributed by atoms with Crippen LogP contribution in [0.3, 0.4) is 0 Å². The van der Waals surface area contributed by atoms with E-state index in [1.54, 1.807) is 13.1 Å². The van der Waals surface area contributed by atoms with Crippen LogP contribution >= 0.6 is 11.6 Å². The van der Waals surface area contributed by atoms with Gasteiger partial charge < -0.3 is 5.11 Å². The SMILES string of the molecule is Cc1ncc(C(C)C)c(-c2cc(Cl)c(O)cc2F)n1. The molecule has 0 atom stereocenters. The number of phenols is 1. The maximum absolute atomic E-state index is 14.0. The molecule has 0 saturated carbocycles. The lowest BCUT2D eigenvalue weighted by molar-refractivity contribution is 0.469. The van der Waals surface area contributed by atoms with E-state index in [2.05, 4.69) is 9.97 Å². The van der Waals surface area contributed by atoms with E-state index >= 15 is 0 Å².